The highest BCUT2D eigenvalue weighted by Gasteiger charge is 2.21. The summed E-state index contributed by atoms with van der Waals surface area (Å²) in [5, 5.41) is 12.9. The minimum Gasteiger partial charge on any atom is -0.480 e. The molecule has 6 heteroatoms. The molecule has 1 heterocycles. The highest BCUT2D eigenvalue weighted by molar-refractivity contribution is 5.87. The van der Waals surface area contributed by atoms with Gasteiger partial charge in [-0.05, 0) is 17.2 Å². The average molecular weight is 352 g/mol. The summed E-state index contributed by atoms with van der Waals surface area (Å²) in [5.74, 6) is -1.53. The molecule has 0 spiro atoms. The molecule has 134 valence electrons. The van der Waals surface area contributed by atoms with Gasteiger partial charge in [0.25, 0.3) is 0 Å². The van der Waals surface area contributed by atoms with Crippen molar-refractivity contribution in [2.75, 3.05) is 6.61 Å². The predicted octanol–water partition coefficient (Wildman–Crippen LogP) is 2.50. The number of benzene rings is 2. The van der Waals surface area contributed by atoms with Crippen LogP contribution in [0.15, 0.2) is 60.8 Å². The van der Waals surface area contributed by atoms with Crippen molar-refractivity contribution < 1.29 is 19.4 Å². The molecule has 3 rings (SSSR count). The number of H-pyrrole nitrogens is 1. The Morgan fingerprint density at radius 1 is 1.08 bits per heavy atom. The van der Waals surface area contributed by atoms with Crippen molar-refractivity contribution in [3.05, 3.63) is 71.9 Å². The largest absolute Gasteiger partial charge is 0.480 e. The van der Waals surface area contributed by atoms with Crippen LogP contribution in [0.5, 0.6) is 0 Å². The summed E-state index contributed by atoms with van der Waals surface area (Å²) in [6, 6.07) is 16.1. The van der Waals surface area contributed by atoms with E-state index in [1.54, 1.807) is 6.20 Å². The van der Waals surface area contributed by atoms with Crippen LogP contribution in [0.1, 0.15) is 11.1 Å². The number of carboxylic acids is 1. The molecule has 1 aromatic heterocycles. The van der Waals surface area contributed by atoms with Gasteiger partial charge in [-0.2, -0.15) is 0 Å². The number of hydrogen-bond donors (Lipinski definition) is 3. The minimum atomic E-state index is -1.08. The number of fused-ring (bicyclic) bond motifs is 1. The van der Waals surface area contributed by atoms with Crippen LogP contribution in [0.2, 0.25) is 0 Å². The first kappa shape index (κ1) is 17.7. The number of carbonyl (C=O) groups is 2. The second kappa shape index (κ2) is 8.31. The van der Waals surface area contributed by atoms with Gasteiger partial charge in [-0.25, -0.2) is 4.79 Å². The topological polar surface area (TPSA) is 91.4 Å². The first-order chi connectivity index (χ1) is 12.6. The Morgan fingerprint density at radius 3 is 2.58 bits per heavy atom. The van der Waals surface area contributed by atoms with E-state index < -0.39 is 17.9 Å². The van der Waals surface area contributed by atoms with Crippen molar-refractivity contribution in [1.29, 1.82) is 0 Å². The lowest BCUT2D eigenvalue weighted by molar-refractivity contribution is -0.142. The smallest absolute Gasteiger partial charge is 0.326 e. The number of nitrogens with one attached hydrogen (secondary N) is 2. The summed E-state index contributed by atoms with van der Waals surface area (Å²) in [5.41, 5.74) is 2.73. The van der Waals surface area contributed by atoms with Crippen molar-refractivity contribution in [1.82, 2.24) is 10.3 Å². The number of carboxylic acid groups (broad SMARTS) is 1. The minimum absolute atomic E-state index is 0.188. The fourth-order valence-corrected chi connectivity index (χ4v) is 2.79. The van der Waals surface area contributed by atoms with Crippen LogP contribution in [-0.4, -0.2) is 34.6 Å². The summed E-state index contributed by atoms with van der Waals surface area (Å²) >= 11 is 0. The van der Waals surface area contributed by atoms with E-state index in [1.165, 1.54) is 0 Å². The molecular weight excluding hydrogens is 332 g/mol. The molecule has 26 heavy (non-hydrogen) atoms. The summed E-state index contributed by atoms with van der Waals surface area (Å²) in [6.45, 7) is 0.112. The van der Waals surface area contributed by atoms with E-state index in [4.69, 9.17) is 4.74 Å². The Labute approximate surface area is 150 Å². The number of hydrogen-bond acceptors (Lipinski definition) is 3. The van der Waals surface area contributed by atoms with Gasteiger partial charge in [0.2, 0.25) is 5.91 Å². The van der Waals surface area contributed by atoms with Crippen molar-refractivity contribution in [2.45, 2.75) is 19.1 Å². The zero-order chi connectivity index (χ0) is 18.4. The quantitative estimate of drug-likeness (QED) is 0.581. The number of aromatic amines is 1. The Kier molecular flexibility index (Phi) is 5.66. The van der Waals surface area contributed by atoms with E-state index in [0.717, 1.165) is 22.0 Å². The maximum absolute atomic E-state index is 12.0. The molecule has 0 unspecified atom stereocenters. The first-order valence-corrected chi connectivity index (χ1v) is 8.32. The normalized spacial score (nSPS) is 12.0. The molecule has 1 amide bonds. The van der Waals surface area contributed by atoms with Gasteiger partial charge in [0.15, 0.2) is 0 Å². The number of aromatic nitrogens is 1. The lowest BCUT2D eigenvalue weighted by Crippen LogP contribution is -2.43. The number of para-hydroxylation sites is 1. The number of ether oxygens (including phenoxy) is 1. The fraction of sp³-hybridized carbons (Fsp3) is 0.200. The second-order valence-corrected chi connectivity index (χ2v) is 6.00. The van der Waals surface area contributed by atoms with E-state index >= 15 is 0 Å². The molecule has 0 radical (unpaired) electrons. The predicted molar refractivity (Wildman–Crippen MR) is 97.7 cm³/mol. The maximum atomic E-state index is 12.0. The summed E-state index contributed by atoms with van der Waals surface area (Å²) < 4.78 is 5.36. The molecule has 3 N–H and O–H groups in total. The molecule has 0 fully saturated rings. The van der Waals surface area contributed by atoms with Crippen LogP contribution >= 0.6 is 0 Å². The number of amides is 1. The van der Waals surface area contributed by atoms with Crippen LogP contribution in [0.4, 0.5) is 0 Å². The van der Waals surface area contributed by atoms with E-state index in [2.05, 4.69) is 10.3 Å². The van der Waals surface area contributed by atoms with Gasteiger partial charge in [0.1, 0.15) is 12.6 Å². The lowest BCUT2D eigenvalue weighted by atomic mass is 10.1. The third-order valence-electron chi connectivity index (χ3n) is 4.08. The van der Waals surface area contributed by atoms with Crippen LogP contribution < -0.4 is 5.32 Å². The average Bonchev–Trinajstić information content (AvgIpc) is 3.05. The lowest BCUT2D eigenvalue weighted by Gasteiger charge is -2.14. The second-order valence-electron chi connectivity index (χ2n) is 6.00. The highest BCUT2D eigenvalue weighted by atomic mass is 16.5. The zero-order valence-corrected chi connectivity index (χ0v) is 14.1. The van der Waals surface area contributed by atoms with Gasteiger partial charge in [-0.1, -0.05) is 48.5 Å². The molecular formula is C20H20N2O4. The van der Waals surface area contributed by atoms with E-state index in [0.29, 0.717) is 6.61 Å². The number of rotatable bonds is 8. The molecule has 0 saturated carbocycles. The Balaban J connectivity index is 1.56. The fourth-order valence-electron chi connectivity index (χ4n) is 2.79. The molecule has 0 bridgehead atoms. The van der Waals surface area contributed by atoms with E-state index in [1.807, 2.05) is 54.6 Å². The van der Waals surface area contributed by atoms with Gasteiger partial charge >= 0.3 is 5.97 Å². The van der Waals surface area contributed by atoms with Gasteiger partial charge in [-0.3, -0.25) is 4.79 Å². The van der Waals surface area contributed by atoms with Crippen molar-refractivity contribution >= 4 is 22.8 Å². The van der Waals surface area contributed by atoms with Gasteiger partial charge in [-0.15, -0.1) is 0 Å². The summed E-state index contributed by atoms with van der Waals surface area (Å²) in [6.07, 6.45) is 1.97. The molecule has 0 aliphatic rings. The van der Waals surface area contributed by atoms with Crippen molar-refractivity contribution in [3.8, 4) is 0 Å². The standard InChI is InChI=1S/C20H20N2O4/c23-19(13-26-12-14-6-2-1-3-7-14)22-18(20(24)25)10-15-11-21-17-9-5-4-8-16(15)17/h1-9,11,18,21H,10,12-13H2,(H,22,23)(H,24,25)/t18-/m1/s1. The molecule has 6 nitrogen and oxygen atoms in total. The maximum Gasteiger partial charge on any atom is 0.326 e. The van der Waals surface area contributed by atoms with Crippen LogP contribution in [0, 0.1) is 0 Å². The first-order valence-electron chi connectivity index (χ1n) is 8.32. The van der Waals surface area contributed by atoms with Crippen LogP contribution in [0.25, 0.3) is 10.9 Å². The Morgan fingerprint density at radius 2 is 1.81 bits per heavy atom. The van der Waals surface area contributed by atoms with Gasteiger partial charge < -0.3 is 20.1 Å². The molecule has 2 aromatic carbocycles. The van der Waals surface area contributed by atoms with Crippen molar-refractivity contribution in [3.63, 3.8) is 0 Å². The molecule has 0 saturated heterocycles. The van der Waals surface area contributed by atoms with E-state index in [9.17, 15) is 14.7 Å². The molecule has 3 aromatic rings. The monoisotopic (exact) mass is 352 g/mol. The van der Waals surface area contributed by atoms with Crippen molar-refractivity contribution in [2.24, 2.45) is 0 Å². The van der Waals surface area contributed by atoms with Crippen LogP contribution in [0.3, 0.4) is 0 Å². The van der Waals surface area contributed by atoms with Crippen LogP contribution in [-0.2, 0) is 27.4 Å². The Hall–Kier alpha value is -3.12. The number of aliphatic carboxylic acids is 1. The number of carbonyl (C=O) groups excluding carboxylic acids is 1. The summed E-state index contributed by atoms with van der Waals surface area (Å²) in [7, 11) is 0. The highest BCUT2D eigenvalue weighted by Crippen LogP contribution is 2.19. The molecule has 0 aliphatic carbocycles. The molecule has 0 aliphatic heterocycles. The zero-order valence-electron chi connectivity index (χ0n) is 14.1. The third kappa shape index (κ3) is 4.49. The van der Waals surface area contributed by atoms with E-state index in [-0.39, 0.29) is 13.0 Å². The van der Waals surface area contributed by atoms with Gasteiger partial charge in [0.05, 0.1) is 6.61 Å². The Bertz CT molecular complexity index is 889. The summed E-state index contributed by atoms with van der Waals surface area (Å²) in [4.78, 5) is 26.7. The van der Waals surface area contributed by atoms with Gasteiger partial charge in [0, 0.05) is 23.5 Å². The molecule has 1 atom stereocenters. The SMILES string of the molecule is O=C(COCc1ccccc1)N[C@H](Cc1c[nH]c2ccccc12)C(=O)O. The third-order valence-corrected chi connectivity index (χ3v) is 4.08.